The number of aromatic nitrogens is 1. The van der Waals surface area contributed by atoms with Crippen molar-refractivity contribution in [1.82, 2.24) is 10.3 Å². The van der Waals surface area contributed by atoms with Gasteiger partial charge >= 0.3 is 0 Å². The SMILES string of the molecule is CC(=O)c1csc(NC(=O)CC2CCCNC2)n1. The largest absolute Gasteiger partial charge is 0.316 e. The molecule has 1 atom stereocenters. The first kappa shape index (κ1) is 13.2. The molecule has 6 heteroatoms. The maximum Gasteiger partial charge on any atom is 0.226 e. The Morgan fingerprint density at radius 2 is 2.44 bits per heavy atom. The van der Waals surface area contributed by atoms with Crippen molar-refractivity contribution in [3.8, 4) is 0 Å². The minimum absolute atomic E-state index is 0.0202. The average molecular weight is 267 g/mol. The highest BCUT2D eigenvalue weighted by Crippen LogP contribution is 2.18. The van der Waals surface area contributed by atoms with E-state index in [2.05, 4.69) is 15.6 Å². The third-order valence-electron chi connectivity index (χ3n) is 2.98. The van der Waals surface area contributed by atoms with Crippen molar-refractivity contribution in [2.75, 3.05) is 18.4 Å². The molecule has 0 bridgehead atoms. The standard InChI is InChI=1S/C12H17N3O2S/c1-8(16)10-7-18-12(14-10)15-11(17)5-9-3-2-4-13-6-9/h7,9,13H,2-6H2,1H3,(H,14,15,17). The van der Waals surface area contributed by atoms with Gasteiger partial charge in [0.25, 0.3) is 0 Å². The lowest BCUT2D eigenvalue weighted by molar-refractivity contribution is -0.117. The van der Waals surface area contributed by atoms with Crippen molar-refractivity contribution in [3.05, 3.63) is 11.1 Å². The van der Waals surface area contributed by atoms with Crippen LogP contribution in [0.4, 0.5) is 5.13 Å². The molecule has 0 spiro atoms. The third-order valence-corrected chi connectivity index (χ3v) is 3.74. The van der Waals surface area contributed by atoms with Crippen molar-refractivity contribution in [3.63, 3.8) is 0 Å². The van der Waals surface area contributed by atoms with Crippen LogP contribution in [0.15, 0.2) is 5.38 Å². The summed E-state index contributed by atoms with van der Waals surface area (Å²) < 4.78 is 0. The molecule has 5 nitrogen and oxygen atoms in total. The second kappa shape index (κ2) is 6.06. The minimum atomic E-state index is -0.0803. The number of Topliss-reactive ketones (excluding diaryl/α,β-unsaturated/α-hetero) is 1. The fourth-order valence-electron chi connectivity index (χ4n) is 2.02. The summed E-state index contributed by atoms with van der Waals surface area (Å²) in [6.45, 7) is 3.42. The average Bonchev–Trinajstić information content (AvgIpc) is 2.78. The molecule has 1 aliphatic heterocycles. The number of thiazole rings is 1. The smallest absolute Gasteiger partial charge is 0.226 e. The lowest BCUT2D eigenvalue weighted by atomic mass is 9.96. The van der Waals surface area contributed by atoms with Crippen LogP contribution in [0.1, 0.15) is 36.7 Å². The Balaban J connectivity index is 1.84. The number of ketones is 1. The van der Waals surface area contributed by atoms with Gasteiger partial charge in [0.05, 0.1) is 0 Å². The molecule has 1 unspecified atom stereocenters. The van der Waals surface area contributed by atoms with Crippen molar-refractivity contribution < 1.29 is 9.59 Å². The molecule has 98 valence electrons. The van der Waals surface area contributed by atoms with Crippen LogP contribution < -0.4 is 10.6 Å². The van der Waals surface area contributed by atoms with E-state index in [1.165, 1.54) is 18.3 Å². The highest BCUT2D eigenvalue weighted by molar-refractivity contribution is 7.14. The molecule has 0 radical (unpaired) electrons. The normalized spacial score (nSPS) is 19.5. The van der Waals surface area contributed by atoms with Crippen LogP contribution in [0.5, 0.6) is 0 Å². The van der Waals surface area contributed by atoms with E-state index in [1.807, 2.05) is 0 Å². The van der Waals surface area contributed by atoms with E-state index in [0.29, 0.717) is 23.2 Å². The van der Waals surface area contributed by atoms with Crippen LogP contribution in [0.25, 0.3) is 0 Å². The summed E-state index contributed by atoms with van der Waals surface area (Å²) in [4.78, 5) is 27.0. The zero-order valence-electron chi connectivity index (χ0n) is 10.4. The van der Waals surface area contributed by atoms with Gasteiger partial charge in [0.15, 0.2) is 10.9 Å². The summed E-state index contributed by atoms with van der Waals surface area (Å²) in [7, 11) is 0. The van der Waals surface area contributed by atoms with Gasteiger partial charge in [-0.3, -0.25) is 9.59 Å². The number of amides is 1. The second-order valence-corrected chi connectivity index (χ2v) is 5.42. The molecular formula is C12H17N3O2S. The first-order valence-corrected chi connectivity index (χ1v) is 7.00. The van der Waals surface area contributed by atoms with Gasteiger partial charge in [-0.15, -0.1) is 11.3 Å². The summed E-state index contributed by atoms with van der Waals surface area (Å²) in [5.74, 6) is 0.308. The number of nitrogens with zero attached hydrogens (tertiary/aromatic N) is 1. The number of piperidine rings is 1. The van der Waals surface area contributed by atoms with Crippen molar-refractivity contribution in [2.24, 2.45) is 5.92 Å². The van der Waals surface area contributed by atoms with Gasteiger partial charge in [-0.05, 0) is 31.8 Å². The molecule has 18 heavy (non-hydrogen) atoms. The van der Waals surface area contributed by atoms with Crippen LogP contribution >= 0.6 is 11.3 Å². The van der Waals surface area contributed by atoms with Crippen molar-refractivity contribution in [1.29, 1.82) is 0 Å². The topological polar surface area (TPSA) is 71.1 Å². The summed E-state index contributed by atoms with van der Waals surface area (Å²) >= 11 is 1.29. The fourth-order valence-corrected chi connectivity index (χ4v) is 2.79. The van der Waals surface area contributed by atoms with E-state index in [9.17, 15) is 9.59 Å². The molecule has 1 aromatic rings. The van der Waals surface area contributed by atoms with Gasteiger partial charge in [-0.1, -0.05) is 0 Å². The van der Waals surface area contributed by atoms with Crippen molar-refractivity contribution in [2.45, 2.75) is 26.2 Å². The van der Waals surface area contributed by atoms with E-state index >= 15 is 0 Å². The molecule has 1 fully saturated rings. The lowest BCUT2D eigenvalue weighted by Gasteiger charge is -2.21. The number of hydrogen-bond acceptors (Lipinski definition) is 5. The van der Waals surface area contributed by atoms with E-state index in [0.717, 1.165) is 25.9 Å². The van der Waals surface area contributed by atoms with Gasteiger partial charge in [0.1, 0.15) is 5.69 Å². The second-order valence-electron chi connectivity index (χ2n) is 4.56. The van der Waals surface area contributed by atoms with Crippen LogP contribution in [0, 0.1) is 5.92 Å². The maximum atomic E-state index is 11.8. The van der Waals surface area contributed by atoms with Crippen LogP contribution in [0.3, 0.4) is 0 Å². The summed E-state index contributed by atoms with van der Waals surface area (Å²) in [5, 5.41) is 8.21. The summed E-state index contributed by atoms with van der Waals surface area (Å²) in [5.41, 5.74) is 0.412. The highest BCUT2D eigenvalue weighted by Gasteiger charge is 2.17. The van der Waals surface area contributed by atoms with Gasteiger partial charge < -0.3 is 10.6 Å². The predicted octanol–water partition coefficient (Wildman–Crippen LogP) is 1.67. The number of carbonyl (C=O) groups is 2. The van der Waals surface area contributed by atoms with E-state index in [1.54, 1.807) is 5.38 Å². The van der Waals surface area contributed by atoms with Crippen LogP contribution in [-0.2, 0) is 4.79 Å². The zero-order chi connectivity index (χ0) is 13.0. The number of anilines is 1. The molecule has 1 saturated heterocycles. The third kappa shape index (κ3) is 3.61. The first-order valence-electron chi connectivity index (χ1n) is 6.12. The van der Waals surface area contributed by atoms with Gasteiger partial charge in [-0.25, -0.2) is 4.98 Å². The Hall–Kier alpha value is -1.27. The molecule has 0 saturated carbocycles. The molecule has 2 rings (SSSR count). The van der Waals surface area contributed by atoms with E-state index in [4.69, 9.17) is 0 Å². The number of hydrogen-bond donors (Lipinski definition) is 2. The Kier molecular flexibility index (Phi) is 4.43. The van der Waals surface area contributed by atoms with Crippen LogP contribution in [0.2, 0.25) is 0 Å². The lowest BCUT2D eigenvalue weighted by Crippen LogP contribution is -2.32. The van der Waals surface area contributed by atoms with E-state index in [-0.39, 0.29) is 11.7 Å². The first-order chi connectivity index (χ1) is 8.65. The Morgan fingerprint density at radius 1 is 1.61 bits per heavy atom. The van der Waals surface area contributed by atoms with Gasteiger partial charge in [-0.2, -0.15) is 0 Å². The molecule has 0 aliphatic carbocycles. The van der Waals surface area contributed by atoms with Gasteiger partial charge in [0, 0.05) is 18.7 Å². The van der Waals surface area contributed by atoms with Crippen LogP contribution in [-0.4, -0.2) is 29.8 Å². The van der Waals surface area contributed by atoms with Gasteiger partial charge in [0.2, 0.25) is 5.91 Å². The molecule has 2 heterocycles. The summed E-state index contributed by atoms with van der Waals surface area (Å²) in [6.07, 6.45) is 2.74. The monoisotopic (exact) mass is 267 g/mol. The fraction of sp³-hybridized carbons (Fsp3) is 0.583. The Bertz CT molecular complexity index is 438. The van der Waals surface area contributed by atoms with E-state index < -0.39 is 0 Å². The minimum Gasteiger partial charge on any atom is -0.316 e. The molecule has 2 N–H and O–H groups in total. The highest BCUT2D eigenvalue weighted by atomic mass is 32.1. The number of rotatable bonds is 4. The molecule has 1 amide bonds. The molecular weight excluding hydrogens is 250 g/mol. The Labute approximate surface area is 110 Å². The number of carbonyl (C=O) groups excluding carboxylic acids is 2. The molecule has 0 aromatic carbocycles. The zero-order valence-corrected chi connectivity index (χ0v) is 11.2. The Morgan fingerprint density at radius 3 is 3.06 bits per heavy atom. The van der Waals surface area contributed by atoms with Crippen molar-refractivity contribution >= 4 is 28.2 Å². The number of nitrogens with one attached hydrogen (secondary N) is 2. The molecule has 1 aliphatic rings. The quantitative estimate of drug-likeness (QED) is 0.814. The maximum absolute atomic E-state index is 11.8. The molecule has 1 aromatic heterocycles. The predicted molar refractivity (Wildman–Crippen MR) is 71.0 cm³/mol. The summed E-state index contributed by atoms with van der Waals surface area (Å²) in [6, 6.07) is 0.